The fraction of sp³-hybridized carbons (Fsp3) is 1.00. The molecule has 11 heavy (non-hydrogen) atoms. The molecule has 0 aromatic heterocycles. The minimum atomic E-state index is -4.40. The van der Waals surface area contributed by atoms with Gasteiger partial charge in [-0.3, -0.25) is 4.57 Å². The van der Waals surface area contributed by atoms with E-state index in [0.29, 0.717) is 0 Å². The fourth-order valence-corrected chi connectivity index (χ4v) is 1.93. The van der Waals surface area contributed by atoms with Crippen LogP contribution in [-0.4, -0.2) is 25.6 Å². The third-order valence-electron chi connectivity index (χ3n) is 0.869. The maximum Gasteiger partial charge on any atom is 0.397 e. The highest BCUT2D eigenvalue weighted by Gasteiger charge is 2.36. The minimum absolute atomic E-state index is 0.0455. The summed E-state index contributed by atoms with van der Waals surface area (Å²) in [6.07, 6.45) is -5.74. The predicted octanol–water partition coefficient (Wildman–Crippen LogP) is 2.49. The number of rotatable bonds is 3. The third-order valence-corrected chi connectivity index (χ3v) is 2.61. The van der Waals surface area contributed by atoms with E-state index in [1.54, 1.807) is 0 Å². The van der Waals surface area contributed by atoms with Crippen molar-refractivity contribution in [1.82, 2.24) is 0 Å². The molecule has 0 bridgehead atoms. The van der Waals surface area contributed by atoms with E-state index in [1.165, 1.54) is 6.92 Å². The van der Waals surface area contributed by atoms with Gasteiger partial charge in [-0.15, -0.1) is 0 Å². The summed E-state index contributed by atoms with van der Waals surface area (Å²) in [5, 5.41) is 0. The van der Waals surface area contributed by atoms with E-state index in [0.717, 1.165) is 6.66 Å². The second-order valence-corrected chi connectivity index (χ2v) is 4.81. The lowest BCUT2D eigenvalue weighted by Gasteiger charge is -2.13. The molecule has 0 radical (unpaired) electrons. The molecule has 68 valence electrons. The molecule has 0 saturated heterocycles. The van der Waals surface area contributed by atoms with E-state index in [9.17, 15) is 17.7 Å². The van der Waals surface area contributed by atoms with Crippen LogP contribution in [0.1, 0.15) is 6.92 Å². The molecular formula is C5H10F3O2P. The Kier molecular flexibility index (Phi) is 3.58. The average molecular weight is 190 g/mol. The Morgan fingerprint density at radius 3 is 2.18 bits per heavy atom. The Labute approximate surface area is 63.2 Å². The van der Waals surface area contributed by atoms with Crippen molar-refractivity contribution < 1.29 is 22.3 Å². The molecule has 1 unspecified atom stereocenters. The molecule has 0 aromatic rings. The SMILES string of the molecule is CCOP(C)(=O)CC(F)(F)F. The maximum atomic E-state index is 11.6. The number of alkyl halides is 3. The molecule has 0 saturated carbocycles. The monoisotopic (exact) mass is 190 g/mol. The van der Waals surface area contributed by atoms with Gasteiger partial charge >= 0.3 is 6.18 Å². The van der Waals surface area contributed by atoms with E-state index in [1.807, 2.05) is 0 Å². The molecule has 0 rings (SSSR count). The van der Waals surface area contributed by atoms with Crippen LogP contribution in [0.4, 0.5) is 13.2 Å². The number of halogens is 3. The molecule has 6 heteroatoms. The van der Waals surface area contributed by atoms with Crippen molar-refractivity contribution in [3.05, 3.63) is 0 Å². The van der Waals surface area contributed by atoms with Gasteiger partial charge in [0.1, 0.15) is 6.16 Å². The predicted molar refractivity (Wildman–Crippen MR) is 36.1 cm³/mol. The zero-order valence-corrected chi connectivity index (χ0v) is 7.21. The summed E-state index contributed by atoms with van der Waals surface area (Å²) in [7, 11) is -3.44. The van der Waals surface area contributed by atoms with E-state index in [2.05, 4.69) is 4.52 Å². The maximum absolute atomic E-state index is 11.6. The Morgan fingerprint density at radius 2 is 1.91 bits per heavy atom. The molecule has 0 aliphatic carbocycles. The molecule has 0 spiro atoms. The average Bonchev–Trinajstić information content (AvgIpc) is 1.55. The minimum Gasteiger partial charge on any atom is -0.329 e. The Bertz CT molecular complexity index is 166. The summed E-state index contributed by atoms with van der Waals surface area (Å²) in [6.45, 7) is 2.54. The van der Waals surface area contributed by atoms with Crippen LogP contribution in [0.2, 0.25) is 0 Å². The molecule has 2 nitrogen and oxygen atoms in total. The summed E-state index contributed by atoms with van der Waals surface area (Å²) in [6, 6.07) is 0. The van der Waals surface area contributed by atoms with Crippen LogP contribution < -0.4 is 0 Å². The summed E-state index contributed by atoms with van der Waals surface area (Å²) >= 11 is 0. The molecular weight excluding hydrogens is 180 g/mol. The lowest BCUT2D eigenvalue weighted by molar-refractivity contribution is -0.108. The fourth-order valence-electron chi connectivity index (χ4n) is 0.644. The summed E-state index contributed by atoms with van der Waals surface area (Å²) in [4.78, 5) is 0. The smallest absolute Gasteiger partial charge is 0.329 e. The van der Waals surface area contributed by atoms with Gasteiger partial charge in [0.25, 0.3) is 0 Å². The van der Waals surface area contributed by atoms with Gasteiger partial charge in [0.15, 0.2) is 0 Å². The van der Waals surface area contributed by atoms with Crippen LogP contribution in [0.25, 0.3) is 0 Å². The van der Waals surface area contributed by atoms with Crippen molar-refractivity contribution >= 4 is 7.37 Å². The second-order valence-electron chi connectivity index (χ2n) is 2.21. The Hall–Kier alpha value is -0.0200. The highest BCUT2D eigenvalue weighted by Crippen LogP contribution is 2.46. The van der Waals surface area contributed by atoms with Crippen LogP contribution >= 0.6 is 7.37 Å². The molecule has 0 amide bonds. The van der Waals surface area contributed by atoms with Crippen LogP contribution in [0.5, 0.6) is 0 Å². The normalized spacial score (nSPS) is 17.9. The zero-order chi connectivity index (χ0) is 9.12. The van der Waals surface area contributed by atoms with Crippen LogP contribution in [0.3, 0.4) is 0 Å². The van der Waals surface area contributed by atoms with Crippen molar-refractivity contribution in [1.29, 1.82) is 0 Å². The largest absolute Gasteiger partial charge is 0.397 e. The second kappa shape index (κ2) is 3.59. The van der Waals surface area contributed by atoms with Gasteiger partial charge < -0.3 is 4.52 Å². The van der Waals surface area contributed by atoms with Gasteiger partial charge in [0, 0.05) is 6.66 Å². The van der Waals surface area contributed by atoms with Gasteiger partial charge in [-0.25, -0.2) is 0 Å². The van der Waals surface area contributed by atoms with E-state index in [-0.39, 0.29) is 6.61 Å². The quantitative estimate of drug-likeness (QED) is 0.639. The van der Waals surface area contributed by atoms with Crippen molar-refractivity contribution in [2.75, 3.05) is 19.4 Å². The molecule has 0 fully saturated rings. The Morgan fingerprint density at radius 1 is 1.45 bits per heavy atom. The molecule has 0 heterocycles. The summed E-state index contributed by atoms with van der Waals surface area (Å²) in [5.74, 6) is 0. The van der Waals surface area contributed by atoms with Gasteiger partial charge in [-0.05, 0) is 6.92 Å². The summed E-state index contributed by atoms with van der Waals surface area (Å²) < 4.78 is 50.2. The molecule has 1 atom stereocenters. The molecule has 0 aliphatic rings. The topological polar surface area (TPSA) is 26.3 Å². The van der Waals surface area contributed by atoms with Crippen LogP contribution in [0, 0.1) is 0 Å². The lowest BCUT2D eigenvalue weighted by Crippen LogP contribution is -2.15. The molecule has 0 aromatic carbocycles. The first-order valence-electron chi connectivity index (χ1n) is 3.04. The van der Waals surface area contributed by atoms with Gasteiger partial charge in [-0.1, -0.05) is 0 Å². The highest BCUT2D eigenvalue weighted by atomic mass is 31.2. The standard InChI is InChI=1S/C5H10F3O2P/c1-3-10-11(2,9)4-5(6,7)8/h3-4H2,1-2H3. The number of hydrogen-bond donors (Lipinski definition) is 0. The van der Waals surface area contributed by atoms with Gasteiger partial charge in [-0.2, -0.15) is 13.2 Å². The van der Waals surface area contributed by atoms with Gasteiger partial charge in [0.05, 0.1) is 6.61 Å². The van der Waals surface area contributed by atoms with E-state index >= 15 is 0 Å². The zero-order valence-electron chi connectivity index (χ0n) is 6.31. The van der Waals surface area contributed by atoms with Crippen LogP contribution in [0.15, 0.2) is 0 Å². The van der Waals surface area contributed by atoms with E-state index < -0.39 is 19.7 Å². The first kappa shape index (κ1) is 11.0. The van der Waals surface area contributed by atoms with E-state index in [4.69, 9.17) is 0 Å². The first-order chi connectivity index (χ1) is 4.77. The lowest BCUT2D eigenvalue weighted by atomic mass is 10.8. The number of hydrogen-bond acceptors (Lipinski definition) is 2. The highest BCUT2D eigenvalue weighted by molar-refractivity contribution is 7.58. The Balaban J connectivity index is 4.03. The third kappa shape index (κ3) is 6.38. The molecule has 0 N–H and O–H groups in total. The first-order valence-corrected chi connectivity index (χ1v) is 5.30. The summed E-state index contributed by atoms with van der Waals surface area (Å²) in [5.41, 5.74) is 0. The van der Waals surface area contributed by atoms with Crippen molar-refractivity contribution in [3.8, 4) is 0 Å². The van der Waals surface area contributed by atoms with Gasteiger partial charge in [0.2, 0.25) is 7.37 Å². The van der Waals surface area contributed by atoms with Crippen molar-refractivity contribution in [2.45, 2.75) is 13.1 Å². The van der Waals surface area contributed by atoms with Crippen LogP contribution in [-0.2, 0) is 9.09 Å². The van der Waals surface area contributed by atoms with Crippen molar-refractivity contribution in [3.63, 3.8) is 0 Å². The van der Waals surface area contributed by atoms with Crippen molar-refractivity contribution in [2.24, 2.45) is 0 Å². The molecule has 0 aliphatic heterocycles.